The Bertz CT molecular complexity index is 536. The lowest BCUT2D eigenvalue weighted by molar-refractivity contribution is -0.143. The molecule has 0 unspecified atom stereocenters. The Kier molecular flexibility index (Phi) is 5.01. The maximum absolute atomic E-state index is 12.7. The summed E-state index contributed by atoms with van der Waals surface area (Å²) < 4.78 is 5.57. The number of aliphatic hydroxyl groups is 1. The van der Waals surface area contributed by atoms with Gasteiger partial charge in [-0.15, -0.1) is 0 Å². The number of nitrogens with zero attached hydrogens (tertiary/aromatic N) is 1. The van der Waals surface area contributed by atoms with Gasteiger partial charge in [-0.1, -0.05) is 36.2 Å². The highest BCUT2D eigenvalue weighted by molar-refractivity contribution is 6.31. The number of benzene rings is 1. The second-order valence-corrected chi connectivity index (χ2v) is 6.57. The van der Waals surface area contributed by atoms with Crippen LogP contribution in [0.25, 0.3) is 0 Å². The fourth-order valence-corrected chi connectivity index (χ4v) is 3.81. The molecule has 1 heterocycles. The molecule has 0 aromatic heterocycles. The molecule has 1 aliphatic heterocycles. The van der Waals surface area contributed by atoms with E-state index in [0.29, 0.717) is 31.2 Å². The number of hydrogen-bond donors (Lipinski definition) is 1. The quantitative estimate of drug-likeness (QED) is 0.928. The normalized spacial score (nSPS) is 28.8. The maximum Gasteiger partial charge on any atom is 0.227 e. The first-order valence-corrected chi connectivity index (χ1v) is 8.33. The average molecular weight is 324 g/mol. The fraction of sp³-hybridized carbons (Fsp3) is 0.588. The standard InChI is InChI=1S/C17H22ClNO3/c18-14-6-2-1-4-12(14)10-17(21)19-8-9-22-11-15(19)13-5-3-7-16(13)20/h1-2,4,6,13,15-16,20H,3,5,7-11H2/t13-,15+,16-/m0/s1. The molecule has 4 nitrogen and oxygen atoms in total. The zero-order valence-electron chi connectivity index (χ0n) is 12.6. The minimum atomic E-state index is -0.317. The van der Waals surface area contributed by atoms with E-state index in [2.05, 4.69) is 0 Å². The second-order valence-electron chi connectivity index (χ2n) is 6.16. The minimum absolute atomic E-state index is 0.0127. The number of aliphatic hydroxyl groups excluding tert-OH is 1. The first kappa shape index (κ1) is 15.8. The van der Waals surface area contributed by atoms with E-state index in [0.717, 1.165) is 24.8 Å². The van der Waals surface area contributed by atoms with Crippen LogP contribution in [0, 0.1) is 5.92 Å². The van der Waals surface area contributed by atoms with Crippen molar-refractivity contribution in [3.63, 3.8) is 0 Å². The summed E-state index contributed by atoms with van der Waals surface area (Å²) in [6.45, 7) is 1.68. The molecule has 2 fully saturated rings. The molecule has 2 aliphatic rings. The van der Waals surface area contributed by atoms with Gasteiger partial charge in [0, 0.05) is 17.5 Å². The fourth-order valence-electron chi connectivity index (χ4n) is 3.61. The van der Waals surface area contributed by atoms with Crippen LogP contribution in [0.5, 0.6) is 0 Å². The van der Waals surface area contributed by atoms with Crippen molar-refractivity contribution < 1.29 is 14.6 Å². The van der Waals surface area contributed by atoms with Gasteiger partial charge in [0.15, 0.2) is 0 Å². The van der Waals surface area contributed by atoms with E-state index >= 15 is 0 Å². The molecular weight excluding hydrogens is 302 g/mol. The van der Waals surface area contributed by atoms with Gasteiger partial charge in [-0.2, -0.15) is 0 Å². The van der Waals surface area contributed by atoms with Crippen molar-refractivity contribution in [2.24, 2.45) is 5.92 Å². The Labute approximate surface area is 136 Å². The first-order chi connectivity index (χ1) is 10.7. The van der Waals surface area contributed by atoms with Crippen LogP contribution in [-0.4, -0.2) is 47.8 Å². The number of halogens is 1. The van der Waals surface area contributed by atoms with Gasteiger partial charge in [-0.25, -0.2) is 0 Å². The zero-order valence-corrected chi connectivity index (χ0v) is 13.3. The number of carbonyl (C=O) groups is 1. The van der Waals surface area contributed by atoms with E-state index in [9.17, 15) is 9.90 Å². The SMILES string of the molecule is O=C(Cc1ccccc1Cl)N1CCOC[C@@H]1[C@@H]1CCC[C@@H]1O. The molecule has 1 saturated heterocycles. The molecule has 0 bridgehead atoms. The van der Waals surface area contributed by atoms with Crippen molar-refractivity contribution in [2.45, 2.75) is 37.8 Å². The highest BCUT2D eigenvalue weighted by atomic mass is 35.5. The summed E-state index contributed by atoms with van der Waals surface area (Å²) in [4.78, 5) is 14.6. The number of morpholine rings is 1. The Morgan fingerprint density at radius 2 is 2.18 bits per heavy atom. The Morgan fingerprint density at radius 1 is 1.36 bits per heavy atom. The van der Waals surface area contributed by atoms with Crippen LogP contribution in [0.1, 0.15) is 24.8 Å². The largest absolute Gasteiger partial charge is 0.393 e. The van der Waals surface area contributed by atoms with Gasteiger partial charge in [-0.05, 0) is 24.5 Å². The first-order valence-electron chi connectivity index (χ1n) is 7.95. The second kappa shape index (κ2) is 6.99. The molecule has 1 aromatic rings. The molecule has 1 saturated carbocycles. The molecule has 1 amide bonds. The lowest BCUT2D eigenvalue weighted by Gasteiger charge is -2.40. The van der Waals surface area contributed by atoms with Crippen LogP contribution < -0.4 is 0 Å². The monoisotopic (exact) mass is 323 g/mol. The summed E-state index contributed by atoms with van der Waals surface area (Å²) in [6.07, 6.45) is 2.80. The molecule has 22 heavy (non-hydrogen) atoms. The molecule has 5 heteroatoms. The lowest BCUT2D eigenvalue weighted by atomic mass is 9.93. The number of amides is 1. The summed E-state index contributed by atoms with van der Waals surface area (Å²) in [5.41, 5.74) is 0.853. The van der Waals surface area contributed by atoms with Gasteiger partial charge in [0.25, 0.3) is 0 Å². The minimum Gasteiger partial charge on any atom is -0.393 e. The molecule has 3 atom stereocenters. The zero-order chi connectivity index (χ0) is 15.5. The smallest absolute Gasteiger partial charge is 0.227 e. The highest BCUT2D eigenvalue weighted by Crippen LogP contribution is 2.32. The number of ether oxygens (including phenoxy) is 1. The van der Waals surface area contributed by atoms with Gasteiger partial charge >= 0.3 is 0 Å². The number of rotatable bonds is 3. The molecule has 3 rings (SSSR count). The van der Waals surface area contributed by atoms with Gasteiger partial charge in [0.2, 0.25) is 5.91 Å². The topological polar surface area (TPSA) is 49.8 Å². The predicted octanol–water partition coefficient (Wildman–Crippen LogP) is 2.27. The van der Waals surface area contributed by atoms with Gasteiger partial charge in [0.1, 0.15) is 0 Å². The van der Waals surface area contributed by atoms with Gasteiger partial charge in [0.05, 0.1) is 31.8 Å². The van der Waals surface area contributed by atoms with Crippen LogP contribution in [0.4, 0.5) is 0 Å². The highest BCUT2D eigenvalue weighted by Gasteiger charge is 2.39. The lowest BCUT2D eigenvalue weighted by Crippen LogP contribution is -2.54. The molecule has 0 spiro atoms. The van der Waals surface area contributed by atoms with Crippen molar-refractivity contribution in [2.75, 3.05) is 19.8 Å². The maximum atomic E-state index is 12.7. The van der Waals surface area contributed by atoms with Crippen LogP contribution in [0.15, 0.2) is 24.3 Å². The van der Waals surface area contributed by atoms with E-state index in [-0.39, 0.29) is 24.0 Å². The third kappa shape index (κ3) is 3.29. The summed E-state index contributed by atoms with van der Waals surface area (Å²) in [5.74, 6) is 0.205. The van der Waals surface area contributed by atoms with Crippen LogP contribution >= 0.6 is 11.6 Å². The van der Waals surface area contributed by atoms with Crippen molar-refractivity contribution in [1.29, 1.82) is 0 Å². The van der Waals surface area contributed by atoms with E-state index in [1.807, 2.05) is 29.2 Å². The van der Waals surface area contributed by atoms with Gasteiger partial charge < -0.3 is 14.7 Å². The summed E-state index contributed by atoms with van der Waals surface area (Å²) in [5, 5.41) is 10.8. The van der Waals surface area contributed by atoms with Crippen LogP contribution in [0.2, 0.25) is 5.02 Å². The molecule has 1 aliphatic carbocycles. The number of hydrogen-bond acceptors (Lipinski definition) is 3. The van der Waals surface area contributed by atoms with E-state index in [1.54, 1.807) is 0 Å². The summed E-state index contributed by atoms with van der Waals surface area (Å²) in [6, 6.07) is 7.44. The van der Waals surface area contributed by atoms with Gasteiger partial charge in [-0.3, -0.25) is 4.79 Å². The predicted molar refractivity (Wildman–Crippen MR) is 84.8 cm³/mol. The third-order valence-electron chi connectivity index (χ3n) is 4.81. The summed E-state index contributed by atoms with van der Waals surface area (Å²) >= 11 is 6.16. The van der Waals surface area contributed by atoms with Crippen LogP contribution in [0.3, 0.4) is 0 Å². The van der Waals surface area contributed by atoms with Crippen molar-refractivity contribution >= 4 is 17.5 Å². The molecule has 1 aromatic carbocycles. The molecular formula is C17H22ClNO3. The van der Waals surface area contributed by atoms with Crippen molar-refractivity contribution in [3.05, 3.63) is 34.9 Å². The van der Waals surface area contributed by atoms with Crippen molar-refractivity contribution in [1.82, 2.24) is 4.90 Å². The average Bonchev–Trinajstić information content (AvgIpc) is 2.95. The molecule has 0 radical (unpaired) electrons. The van der Waals surface area contributed by atoms with E-state index in [1.165, 1.54) is 0 Å². The Hall–Kier alpha value is -1.10. The summed E-state index contributed by atoms with van der Waals surface area (Å²) in [7, 11) is 0. The Balaban J connectivity index is 1.73. The molecule has 1 N–H and O–H groups in total. The Morgan fingerprint density at radius 3 is 2.91 bits per heavy atom. The number of carbonyl (C=O) groups excluding carboxylic acids is 1. The van der Waals surface area contributed by atoms with Crippen molar-refractivity contribution in [3.8, 4) is 0 Å². The molecule has 120 valence electrons. The third-order valence-corrected chi connectivity index (χ3v) is 5.18. The van der Waals surface area contributed by atoms with Crippen LogP contribution in [-0.2, 0) is 16.0 Å². The van der Waals surface area contributed by atoms with E-state index in [4.69, 9.17) is 16.3 Å². The van der Waals surface area contributed by atoms with E-state index < -0.39 is 0 Å².